The molecule has 9 heteroatoms. The van der Waals surface area contributed by atoms with Crippen LogP contribution in [0.25, 0.3) is 0 Å². The lowest BCUT2D eigenvalue weighted by Gasteiger charge is -2.12. The lowest BCUT2D eigenvalue weighted by atomic mass is 10.2. The van der Waals surface area contributed by atoms with E-state index in [1.807, 2.05) is 31.2 Å². The Balaban J connectivity index is 1.79. The van der Waals surface area contributed by atoms with Crippen molar-refractivity contribution in [3.8, 4) is 5.75 Å². The molecule has 0 aliphatic carbocycles. The van der Waals surface area contributed by atoms with Gasteiger partial charge in [-0.05, 0) is 24.6 Å². The van der Waals surface area contributed by atoms with E-state index in [0.29, 0.717) is 37.1 Å². The molecule has 0 spiro atoms. The summed E-state index contributed by atoms with van der Waals surface area (Å²) in [5, 5.41) is 7.70. The second-order valence-electron chi connectivity index (χ2n) is 5.31. The first kappa shape index (κ1) is 20.0. The molecule has 2 rings (SSSR count). The molecule has 1 heterocycles. The van der Waals surface area contributed by atoms with Crippen molar-refractivity contribution < 1.29 is 17.9 Å². The second-order valence-corrected chi connectivity index (χ2v) is 6.25. The lowest BCUT2D eigenvalue weighted by molar-refractivity contribution is -0.140. The molecule has 1 aromatic heterocycles. The van der Waals surface area contributed by atoms with Crippen LogP contribution in [-0.2, 0) is 19.1 Å². The van der Waals surface area contributed by atoms with Gasteiger partial charge < -0.3 is 15.4 Å². The van der Waals surface area contributed by atoms with Gasteiger partial charge in [-0.15, -0.1) is 11.3 Å². The molecule has 0 saturated heterocycles. The van der Waals surface area contributed by atoms with E-state index in [4.69, 9.17) is 4.74 Å². The molecule has 0 fully saturated rings. The van der Waals surface area contributed by atoms with Crippen molar-refractivity contribution in [2.24, 2.45) is 4.99 Å². The SMILES string of the molecule is CCOc1cccc(CNC(=NC)NCCc2nc(C(F)(F)F)cs2)c1. The van der Waals surface area contributed by atoms with E-state index in [9.17, 15) is 13.2 Å². The third kappa shape index (κ3) is 6.21. The topological polar surface area (TPSA) is 58.5 Å². The fourth-order valence-electron chi connectivity index (χ4n) is 2.16. The predicted molar refractivity (Wildman–Crippen MR) is 96.6 cm³/mol. The maximum Gasteiger partial charge on any atom is 0.434 e. The zero-order valence-corrected chi connectivity index (χ0v) is 15.4. The number of aromatic nitrogens is 1. The van der Waals surface area contributed by atoms with Gasteiger partial charge in [0, 0.05) is 31.9 Å². The highest BCUT2D eigenvalue weighted by molar-refractivity contribution is 7.09. The van der Waals surface area contributed by atoms with Crippen molar-refractivity contribution in [2.45, 2.75) is 26.1 Å². The largest absolute Gasteiger partial charge is 0.494 e. The minimum Gasteiger partial charge on any atom is -0.494 e. The zero-order chi connectivity index (χ0) is 19.0. The van der Waals surface area contributed by atoms with Crippen LogP contribution in [0.15, 0.2) is 34.6 Å². The van der Waals surface area contributed by atoms with E-state index < -0.39 is 11.9 Å². The number of ether oxygens (including phenoxy) is 1. The summed E-state index contributed by atoms with van der Waals surface area (Å²) < 4.78 is 43.1. The molecule has 0 bridgehead atoms. The van der Waals surface area contributed by atoms with Gasteiger partial charge in [-0.3, -0.25) is 4.99 Å². The van der Waals surface area contributed by atoms with Crippen molar-refractivity contribution in [1.82, 2.24) is 15.6 Å². The van der Waals surface area contributed by atoms with Gasteiger partial charge >= 0.3 is 6.18 Å². The number of hydrogen-bond acceptors (Lipinski definition) is 4. The smallest absolute Gasteiger partial charge is 0.434 e. The van der Waals surface area contributed by atoms with Crippen LogP contribution in [0.1, 0.15) is 23.2 Å². The van der Waals surface area contributed by atoms with E-state index in [1.54, 1.807) is 7.05 Å². The molecule has 0 aliphatic heterocycles. The van der Waals surface area contributed by atoms with E-state index in [2.05, 4.69) is 20.6 Å². The number of nitrogens with zero attached hydrogens (tertiary/aromatic N) is 2. The maximum absolute atomic E-state index is 12.5. The minimum atomic E-state index is -4.39. The van der Waals surface area contributed by atoms with Gasteiger partial charge in [0.2, 0.25) is 0 Å². The summed E-state index contributed by atoms with van der Waals surface area (Å²) >= 11 is 1.01. The van der Waals surface area contributed by atoms with Crippen molar-refractivity contribution in [3.05, 3.63) is 45.9 Å². The van der Waals surface area contributed by atoms with Crippen molar-refractivity contribution in [2.75, 3.05) is 20.2 Å². The molecule has 0 amide bonds. The monoisotopic (exact) mass is 386 g/mol. The van der Waals surface area contributed by atoms with Crippen LogP contribution in [0, 0.1) is 0 Å². The molecule has 1 aromatic carbocycles. The van der Waals surface area contributed by atoms with Crippen molar-refractivity contribution >= 4 is 17.3 Å². The lowest BCUT2D eigenvalue weighted by Crippen LogP contribution is -2.37. The van der Waals surface area contributed by atoms with E-state index in [1.165, 1.54) is 0 Å². The maximum atomic E-state index is 12.5. The number of halogens is 3. The van der Waals surface area contributed by atoms with Crippen molar-refractivity contribution in [3.63, 3.8) is 0 Å². The number of rotatable bonds is 7. The summed E-state index contributed by atoms with van der Waals surface area (Å²) in [6, 6.07) is 7.72. The third-order valence-electron chi connectivity index (χ3n) is 3.37. The van der Waals surface area contributed by atoms with Crippen LogP contribution < -0.4 is 15.4 Å². The average molecular weight is 386 g/mol. The van der Waals surface area contributed by atoms with E-state index in [-0.39, 0.29) is 0 Å². The van der Waals surface area contributed by atoms with Gasteiger partial charge in [0.1, 0.15) is 5.75 Å². The van der Waals surface area contributed by atoms with Gasteiger partial charge in [0.15, 0.2) is 11.7 Å². The highest BCUT2D eigenvalue weighted by Crippen LogP contribution is 2.29. The van der Waals surface area contributed by atoms with Crippen LogP contribution in [0.2, 0.25) is 0 Å². The number of benzene rings is 1. The van der Waals surface area contributed by atoms with E-state index >= 15 is 0 Å². The highest BCUT2D eigenvalue weighted by atomic mass is 32.1. The molecule has 0 radical (unpaired) electrons. The summed E-state index contributed by atoms with van der Waals surface area (Å²) in [5.74, 6) is 1.37. The molecule has 0 saturated carbocycles. The Hall–Kier alpha value is -2.29. The Morgan fingerprint density at radius 2 is 2.12 bits per heavy atom. The van der Waals surface area contributed by atoms with Crippen LogP contribution in [0.3, 0.4) is 0 Å². The Bertz CT molecular complexity index is 731. The number of aliphatic imine (C=N–C) groups is 1. The molecule has 0 atom stereocenters. The van der Waals surface area contributed by atoms with Gasteiger partial charge in [0.25, 0.3) is 0 Å². The minimum absolute atomic E-state index is 0.390. The predicted octanol–water partition coefficient (Wildman–Crippen LogP) is 3.47. The summed E-state index contributed by atoms with van der Waals surface area (Å²) in [6.45, 7) is 3.52. The van der Waals surface area contributed by atoms with Gasteiger partial charge in [-0.25, -0.2) is 4.98 Å². The summed E-state index contributed by atoms with van der Waals surface area (Å²) in [5.41, 5.74) is 0.197. The molecule has 0 unspecified atom stereocenters. The molecule has 0 aliphatic rings. The van der Waals surface area contributed by atoms with Crippen LogP contribution in [-0.4, -0.2) is 31.1 Å². The van der Waals surface area contributed by atoms with Gasteiger partial charge in [-0.1, -0.05) is 12.1 Å². The number of alkyl halides is 3. The Labute approximate surface area is 154 Å². The molecule has 5 nitrogen and oxygen atoms in total. The number of nitrogens with one attached hydrogen (secondary N) is 2. The van der Waals surface area contributed by atoms with E-state index in [0.717, 1.165) is 28.0 Å². The molecule has 142 valence electrons. The van der Waals surface area contributed by atoms with Gasteiger partial charge in [-0.2, -0.15) is 13.2 Å². The normalized spacial score (nSPS) is 12.1. The number of thiazole rings is 1. The second kappa shape index (κ2) is 9.42. The average Bonchev–Trinajstić information content (AvgIpc) is 3.08. The van der Waals surface area contributed by atoms with Crippen LogP contribution in [0.5, 0.6) is 5.75 Å². The highest BCUT2D eigenvalue weighted by Gasteiger charge is 2.33. The Morgan fingerprint density at radius 1 is 1.31 bits per heavy atom. The van der Waals surface area contributed by atoms with Crippen LogP contribution >= 0.6 is 11.3 Å². The Morgan fingerprint density at radius 3 is 2.77 bits per heavy atom. The molecular formula is C17H21F3N4OS. The first-order chi connectivity index (χ1) is 12.4. The zero-order valence-electron chi connectivity index (χ0n) is 14.6. The molecular weight excluding hydrogens is 365 g/mol. The first-order valence-corrected chi connectivity index (χ1v) is 8.98. The summed E-state index contributed by atoms with van der Waals surface area (Å²) in [4.78, 5) is 7.71. The number of hydrogen-bond donors (Lipinski definition) is 2. The fraction of sp³-hybridized carbons (Fsp3) is 0.412. The quantitative estimate of drug-likeness (QED) is 0.565. The molecule has 2 N–H and O–H groups in total. The summed E-state index contributed by atoms with van der Waals surface area (Å²) in [6.07, 6.45) is -4.00. The molecule has 2 aromatic rings. The number of guanidine groups is 1. The standard InChI is InChI=1S/C17H21F3N4OS/c1-3-25-13-6-4-5-12(9-13)10-23-16(21-2)22-8-7-15-24-14(11-26-15)17(18,19)20/h4-6,9,11H,3,7-8,10H2,1-2H3,(H2,21,22,23). The van der Waals surface area contributed by atoms with Crippen molar-refractivity contribution in [1.29, 1.82) is 0 Å². The molecule has 26 heavy (non-hydrogen) atoms. The first-order valence-electron chi connectivity index (χ1n) is 8.10. The fourth-order valence-corrected chi connectivity index (χ4v) is 2.97. The van der Waals surface area contributed by atoms with Crippen LogP contribution in [0.4, 0.5) is 13.2 Å². The third-order valence-corrected chi connectivity index (χ3v) is 4.28. The Kier molecular flexibility index (Phi) is 7.26. The van der Waals surface area contributed by atoms with Gasteiger partial charge in [0.05, 0.1) is 11.6 Å². The summed E-state index contributed by atoms with van der Waals surface area (Å²) in [7, 11) is 1.64.